The summed E-state index contributed by atoms with van der Waals surface area (Å²) in [5.74, 6) is 0.614. The number of aromatic nitrogens is 3. The van der Waals surface area contributed by atoms with E-state index in [0.29, 0.717) is 5.78 Å². The Kier molecular flexibility index (Phi) is 3.39. The number of fused-ring (bicyclic) bond motifs is 1. The Labute approximate surface area is 120 Å². The van der Waals surface area contributed by atoms with Gasteiger partial charge in [-0.3, -0.25) is 9.20 Å². The first kappa shape index (κ1) is 12.7. The van der Waals surface area contributed by atoms with E-state index in [4.69, 9.17) is 0 Å². The van der Waals surface area contributed by atoms with E-state index in [2.05, 4.69) is 15.3 Å². The number of anilines is 1. The molecule has 0 saturated carbocycles. The molecule has 0 radical (unpaired) electrons. The van der Waals surface area contributed by atoms with Crippen LogP contribution in [0.2, 0.25) is 0 Å². The first-order valence-corrected chi connectivity index (χ1v) is 6.87. The van der Waals surface area contributed by atoms with Crippen molar-refractivity contribution in [3.63, 3.8) is 0 Å². The van der Waals surface area contributed by atoms with E-state index in [-0.39, 0.29) is 5.91 Å². The van der Waals surface area contributed by atoms with E-state index < -0.39 is 0 Å². The number of carbonyl (C=O) groups excluding carboxylic acids is 1. The summed E-state index contributed by atoms with van der Waals surface area (Å²) in [5, 5.41) is 3.75. The van der Waals surface area contributed by atoms with E-state index in [0.717, 1.165) is 15.6 Å². The summed E-state index contributed by atoms with van der Waals surface area (Å²) in [4.78, 5) is 20.5. The highest BCUT2D eigenvalue weighted by Gasteiger charge is 2.05. The third-order valence-corrected chi connectivity index (χ3v) is 3.67. The first-order chi connectivity index (χ1) is 9.72. The molecule has 3 aromatic rings. The van der Waals surface area contributed by atoms with Crippen molar-refractivity contribution in [2.45, 2.75) is 16.8 Å². The second-order valence-electron chi connectivity index (χ2n) is 4.19. The highest BCUT2D eigenvalue weighted by molar-refractivity contribution is 7.99. The van der Waals surface area contributed by atoms with Gasteiger partial charge in [-0.15, -0.1) is 0 Å². The smallest absolute Gasteiger partial charge is 0.234 e. The summed E-state index contributed by atoms with van der Waals surface area (Å²) in [6, 6.07) is 9.56. The van der Waals surface area contributed by atoms with Crippen LogP contribution in [-0.2, 0) is 4.79 Å². The lowest BCUT2D eigenvalue weighted by molar-refractivity contribution is -0.114. The fourth-order valence-electron chi connectivity index (χ4n) is 1.81. The highest BCUT2D eigenvalue weighted by Crippen LogP contribution is 2.28. The Bertz CT molecular complexity index is 751. The van der Waals surface area contributed by atoms with Crippen LogP contribution < -0.4 is 5.32 Å². The number of hydrogen-bond donors (Lipinski definition) is 1. The van der Waals surface area contributed by atoms with E-state index in [9.17, 15) is 4.79 Å². The average Bonchev–Trinajstić information content (AvgIpc) is 2.84. The molecule has 0 atom stereocenters. The zero-order valence-corrected chi connectivity index (χ0v) is 11.6. The zero-order chi connectivity index (χ0) is 13.9. The van der Waals surface area contributed by atoms with Gasteiger partial charge in [0, 0.05) is 29.9 Å². The van der Waals surface area contributed by atoms with Crippen molar-refractivity contribution >= 4 is 29.1 Å². The Hall–Kier alpha value is -2.34. The van der Waals surface area contributed by atoms with Crippen LogP contribution in [0.5, 0.6) is 0 Å². The van der Waals surface area contributed by atoms with Crippen molar-refractivity contribution < 1.29 is 4.79 Å². The van der Waals surface area contributed by atoms with Gasteiger partial charge in [-0.25, -0.2) is 9.97 Å². The van der Waals surface area contributed by atoms with Crippen molar-refractivity contribution in [1.82, 2.24) is 14.4 Å². The molecule has 6 heteroatoms. The summed E-state index contributed by atoms with van der Waals surface area (Å²) in [6.07, 6.45) is 5.46. The molecule has 0 aliphatic heterocycles. The molecular weight excluding hydrogens is 272 g/mol. The summed E-state index contributed by atoms with van der Waals surface area (Å²) < 4.78 is 1.94. The quantitative estimate of drug-likeness (QED) is 0.803. The molecule has 20 heavy (non-hydrogen) atoms. The normalized spacial score (nSPS) is 10.7. The minimum Gasteiger partial charge on any atom is -0.326 e. The molecule has 0 unspecified atom stereocenters. The monoisotopic (exact) mass is 284 g/mol. The minimum absolute atomic E-state index is 0.0711. The third-order valence-electron chi connectivity index (χ3n) is 2.65. The molecule has 1 aromatic carbocycles. The van der Waals surface area contributed by atoms with Crippen molar-refractivity contribution in [1.29, 1.82) is 0 Å². The first-order valence-electron chi connectivity index (χ1n) is 6.06. The predicted octanol–water partition coefficient (Wildman–Crippen LogP) is 2.84. The SMILES string of the molecule is CC(=O)Nc1ccc(Sc2cnc3ncccn23)cc1. The van der Waals surface area contributed by atoms with Gasteiger partial charge in [-0.05, 0) is 30.3 Å². The molecule has 0 fully saturated rings. The Morgan fingerprint density at radius 3 is 2.80 bits per heavy atom. The van der Waals surface area contributed by atoms with E-state index in [1.807, 2.05) is 40.9 Å². The molecule has 2 heterocycles. The fraction of sp³-hybridized carbons (Fsp3) is 0.0714. The van der Waals surface area contributed by atoms with Crippen LogP contribution in [0, 0.1) is 0 Å². The molecule has 5 nitrogen and oxygen atoms in total. The Balaban J connectivity index is 1.82. The van der Waals surface area contributed by atoms with Gasteiger partial charge in [0.1, 0.15) is 5.03 Å². The maximum Gasteiger partial charge on any atom is 0.234 e. The van der Waals surface area contributed by atoms with Gasteiger partial charge in [0.25, 0.3) is 0 Å². The molecule has 1 amide bonds. The maximum absolute atomic E-state index is 11.0. The molecule has 0 saturated heterocycles. The molecule has 2 aromatic heterocycles. The standard InChI is InChI=1S/C14H12N4OS/c1-10(19)17-11-3-5-12(6-4-11)20-13-9-16-14-15-7-2-8-18(13)14/h2-9H,1H3,(H,17,19). The number of nitrogens with one attached hydrogen (secondary N) is 1. The summed E-state index contributed by atoms with van der Waals surface area (Å²) in [6.45, 7) is 1.49. The average molecular weight is 284 g/mol. The van der Waals surface area contributed by atoms with Crippen molar-refractivity contribution in [2.24, 2.45) is 0 Å². The molecule has 100 valence electrons. The number of nitrogens with zero attached hydrogens (tertiary/aromatic N) is 3. The van der Waals surface area contributed by atoms with Gasteiger partial charge in [0.2, 0.25) is 11.7 Å². The number of benzene rings is 1. The maximum atomic E-state index is 11.0. The van der Waals surface area contributed by atoms with E-state index in [1.54, 1.807) is 24.2 Å². The topological polar surface area (TPSA) is 59.3 Å². The van der Waals surface area contributed by atoms with Gasteiger partial charge in [-0.1, -0.05) is 11.8 Å². The fourth-order valence-corrected chi connectivity index (χ4v) is 2.67. The van der Waals surface area contributed by atoms with Crippen LogP contribution in [0.3, 0.4) is 0 Å². The van der Waals surface area contributed by atoms with Crippen LogP contribution in [0.4, 0.5) is 5.69 Å². The van der Waals surface area contributed by atoms with E-state index >= 15 is 0 Å². The van der Waals surface area contributed by atoms with Crippen LogP contribution >= 0.6 is 11.8 Å². The second-order valence-corrected chi connectivity index (χ2v) is 5.29. The molecule has 0 bridgehead atoms. The lowest BCUT2D eigenvalue weighted by atomic mass is 10.3. The molecular formula is C14H12N4OS. The Morgan fingerprint density at radius 1 is 1.25 bits per heavy atom. The number of carbonyl (C=O) groups is 1. The lowest BCUT2D eigenvalue weighted by Gasteiger charge is -2.04. The molecule has 0 aliphatic rings. The molecule has 0 aliphatic carbocycles. The van der Waals surface area contributed by atoms with Gasteiger partial charge in [-0.2, -0.15) is 0 Å². The second kappa shape index (κ2) is 5.34. The Morgan fingerprint density at radius 2 is 2.05 bits per heavy atom. The zero-order valence-electron chi connectivity index (χ0n) is 10.8. The van der Waals surface area contributed by atoms with E-state index in [1.165, 1.54) is 6.92 Å². The lowest BCUT2D eigenvalue weighted by Crippen LogP contribution is -2.05. The molecule has 0 spiro atoms. The van der Waals surface area contributed by atoms with Crippen molar-refractivity contribution in [3.8, 4) is 0 Å². The van der Waals surface area contributed by atoms with Crippen LogP contribution in [0.15, 0.2) is 58.8 Å². The third kappa shape index (κ3) is 2.65. The summed E-state index contributed by atoms with van der Waals surface area (Å²) in [7, 11) is 0. The van der Waals surface area contributed by atoms with Gasteiger partial charge in [0.05, 0.1) is 6.20 Å². The van der Waals surface area contributed by atoms with Gasteiger partial charge in [0.15, 0.2) is 0 Å². The largest absolute Gasteiger partial charge is 0.326 e. The number of imidazole rings is 1. The number of hydrogen-bond acceptors (Lipinski definition) is 4. The molecule has 3 rings (SSSR count). The van der Waals surface area contributed by atoms with Gasteiger partial charge < -0.3 is 5.32 Å². The molecule has 1 N–H and O–H groups in total. The van der Waals surface area contributed by atoms with Gasteiger partial charge >= 0.3 is 0 Å². The van der Waals surface area contributed by atoms with Crippen LogP contribution in [0.25, 0.3) is 5.78 Å². The van der Waals surface area contributed by atoms with Crippen LogP contribution in [0.1, 0.15) is 6.92 Å². The number of amides is 1. The highest BCUT2D eigenvalue weighted by atomic mass is 32.2. The van der Waals surface area contributed by atoms with Crippen molar-refractivity contribution in [2.75, 3.05) is 5.32 Å². The summed E-state index contributed by atoms with van der Waals surface area (Å²) in [5.41, 5.74) is 0.793. The van der Waals surface area contributed by atoms with Crippen LogP contribution in [-0.4, -0.2) is 20.3 Å². The predicted molar refractivity (Wildman–Crippen MR) is 77.9 cm³/mol. The minimum atomic E-state index is -0.0711. The number of rotatable bonds is 3. The van der Waals surface area contributed by atoms with Crippen molar-refractivity contribution in [3.05, 3.63) is 48.9 Å². The summed E-state index contributed by atoms with van der Waals surface area (Å²) >= 11 is 1.60.